The number of aromatic nitrogens is 1. The molecule has 3 amide bonds. The van der Waals surface area contributed by atoms with Crippen molar-refractivity contribution in [2.24, 2.45) is 0 Å². The zero-order chi connectivity index (χ0) is 20.9. The molecular weight excluding hydrogens is 380 g/mol. The average molecular weight is 409 g/mol. The molecule has 0 saturated heterocycles. The maximum Gasteiger partial charge on any atom is 0.317 e. The van der Waals surface area contributed by atoms with Crippen LogP contribution in [0.5, 0.6) is 5.88 Å². The van der Waals surface area contributed by atoms with E-state index in [9.17, 15) is 9.59 Å². The van der Waals surface area contributed by atoms with E-state index < -0.39 is 0 Å². The Morgan fingerprint density at radius 3 is 2.83 bits per heavy atom. The number of pyridine rings is 1. The minimum Gasteiger partial charge on any atom is -0.474 e. The number of ether oxygens (including phenoxy) is 1. The molecule has 0 bridgehead atoms. The lowest BCUT2D eigenvalue weighted by atomic mass is 9.98. The van der Waals surface area contributed by atoms with Crippen molar-refractivity contribution >= 4 is 17.6 Å². The molecule has 4 rings (SSSR count). The van der Waals surface area contributed by atoms with Crippen molar-refractivity contribution in [1.82, 2.24) is 15.2 Å². The summed E-state index contributed by atoms with van der Waals surface area (Å²) in [5, 5.41) is 5.89. The molecule has 2 heterocycles. The molecule has 1 fully saturated rings. The van der Waals surface area contributed by atoms with Crippen LogP contribution in [0.25, 0.3) is 0 Å². The van der Waals surface area contributed by atoms with Gasteiger partial charge in [0, 0.05) is 44.0 Å². The molecule has 158 valence electrons. The molecule has 0 spiro atoms. The predicted octanol–water partition coefficient (Wildman–Crippen LogP) is 3.63. The van der Waals surface area contributed by atoms with E-state index in [4.69, 9.17) is 4.74 Å². The number of benzene rings is 1. The fourth-order valence-electron chi connectivity index (χ4n) is 4.20. The quantitative estimate of drug-likeness (QED) is 0.791. The number of amides is 3. The molecule has 0 radical (unpaired) electrons. The van der Waals surface area contributed by atoms with Gasteiger partial charge >= 0.3 is 6.03 Å². The Morgan fingerprint density at radius 2 is 2.03 bits per heavy atom. The standard InChI is InChI=1S/C23H28N4O3/c1-16(28)26-21-10-4-6-18-15-27(13-11-20(18)21)23(29)25-14-17-7-5-12-24-22(17)30-19-8-2-3-9-19/h4-7,10,12,19H,2-3,8-9,11,13-15H2,1H3,(H,25,29)(H,26,28). The normalized spacial score (nSPS) is 16.1. The van der Waals surface area contributed by atoms with Gasteiger partial charge in [0.1, 0.15) is 6.10 Å². The van der Waals surface area contributed by atoms with Crippen LogP contribution >= 0.6 is 0 Å². The summed E-state index contributed by atoms with van der Waals surface area (Å²) in [7, 11) is 0. The number of hydrogen-bond donors (Lipinski definition) is 2. The van der Waals surface area contributed by atoms with Gasteiger partial charge < -0.3 is 20.3 Å². The molecule has 0 unspecified atom stereocenters. The van der Waals surface area contributed by atoms with Crippen molar-refractivity contribution < 1.29 is 14.3 Å². The highest BCUT2D eigenvalue weighted by Gasteiger charge is 2.23. The molecule has 1 saturated carbocycles. The summed E-state index contributed by atoms with van der Waals surface area (Å²) in [6.45, 7) is 3.01. The van der Waals surface area contributed by atoms with Gasteiger partial charge in [0.2, 0.25) is 11.8 Å². The van der Waals surface area contributed by atoms with Crippen LogP contribution < -0.4 is 15.4 Å². The summed E-state index contributed by atoms with van der Waals surface area (Å²) >= 11 is 0. The summed E-state index contributed by atoms with van der Waals surface area (Å²) in [6, 6.07) is 9.53. The number of rotatable bonds is 5. The smallest absolute Gasteiger partial charge is 0.317 e. The monoisotopic (exact) mass is 408 g/mol. The first-order valence-electron chi connectivity index (χ1n) is 10.6. The maximum atomic E-state index is 12.8. The van der Waals surface area contributed by atoms with Gasteiger partial charge in [0.15, 0.2) is 0 Å². The Hall–Kier alpha value is -3.09. The van der Waals surface area contributed by atoms with Gasteiger partial charge in [-0.15, -0.1) is 0 Å². The SMILES string of the molecule is CC(=O)Nc1cccc2c1CCN(C(=O)NCc1cccnc1OC1CCCC1)C2. The highest BCUT2D eigenvalue weighted by atomic mass is 16.5. The van der Waals surface area contributed by atoms with Crippen LogP contribution in [0.15, 0.2) is 36.5 Å². The second-order valence-corrected chi connectivity index (χ2v) is 7.95. The van der Waals surface area contributed by atoms with Crippen LogP contribution in [0.1, 0.15) is 49.3 Å². The minimum atomic E-state index is -0.110. The summed E-state index contributed by atoms with van der Waals surface area (Å²) < 4.78 is 6.07. The van der Waals surface area contributed by atoms with Crippen molar-refractivity contribution in [1.29, 1.82) is 0 Å². The van der Waals surface area contributed by atoms with Crippen LogP contribution in [-0.4, -0.2) is 34.5 Å². The molecule has 1 aliphatic heterocycles. The number of nitrogens with one attached hydrogen (secondary N) is 2. The number of carbonyl (C=O) groups is 2. The minimum absolute atomic E-state index is 0.0873. The first kappa shape index (κ1) is 20.2. The Labute approximate surface area is 176 Å². The van der Waals surface area contributed by atoms with E-state index in [1.807, 2.05) is 30.3 Å². The molecule has 1 aromatic carbocycles. The van der Waals surface area contributed by atoms with Gasteiger partial charge in [-0.3, -0.25) is 4.79 Å². The van der Waals surface area contributed by atoms with Crippen molar-refractivity contribution in [2.75, 3.05) is 11.9 Å². The number of fused-ring (bicyclic) bond motifs is 1. The van der Waals surface area contributed by atoms with Crippen LogP contribution in [0, 0.1) is 0 Å². The van der Waals surface area contributed by atoms with E-state index in [-0.39, 0.29) is 18.0 Å². The Balaban J connectivity index is 1.37. The molecule has 0 atom stereocenters. The second-order valence-electron chi connectivity index (χ2n) is 7.95. The molecule has 30 heavy (non-hydrogen) atoms. The number of urea groups is 1. The molecule has 1 aliphatic carbocycles. The number of carbonyl (C=O) groups excluding carboxylic acids is 2. The van der Waals surface area contributed by atoms with Crippen LogP contribution in [-0.2, 0) is 24.3 Å². The predicted molar refractivity (Wildman–Crippen MR) is 114 cm³/mol. The maximum absolute atomic E-state index is 12.8. The Kier molecular flexibility index (Phi) is 6.16. The molecule has 7 nitrogen and oxygen atoms in total. The summed E-state index contributed by atoms with van der Waals surface area (Å²) in [4.78, 5) is 30.4. The lowest BCUT2D eigenvalue weighted by Crippen LogP contribution is -2.42. The van der Waals surface area contributed by atoms with E-state index in [1.54, 1.807) is 11.1 Å². The van der Waals surface area contributed by atoms with E-state index >= 15 is 0 Å². The highest BCUT2D eigenvalue weighted by molar-refractivity contribution is 5.90. The van der Waals surface area contributed by atoms with E-state index in [1.165, 1.54) is 19.8 Å². The largest absolute Gasteiger partial charge is 0.474 e. The van der Waals surface area contributed by atoms with Crippen molar-refractivity contribution in [3.05, 3.63) is 53.2 Å². The van der Waals surface area contributed by atoms with Crippen molar-refractivity contribution in [3.8, 4) is 5.88 Å². The molecule has 2 aliphatic rings. The third-order valence-electron chi connectivity index (χ3n) is 5.72. The van der Waals surface area contributed by atoms with Crippen LogP contribution in [0.4, 0.5) is 10.5 Å². The summed E-state index contributed by atoms with van der Waals surface area (Å²) in [5.74, 6) is 0.532. The zero-order valence-electron chi connectivity index (χ0n) is 17.3. The molecular formula is C23H28N4O3. The van der Waals surface area contributed by atoms with Crippen LogP contribution in [0.2, 0.25) is 0 Å². The fraction of sp³-hybridized carbons (Fsp3) is 0.435. The van der Waals surface area contributed by atoms with E-state index in [0.29, 0.717) is 31.9 Å². The van der Waals surface area contributed by atoms with E-state index in [0.717, 1.165) is 35.2 Å². The number of hydrogen-bond acceptors (Lipinski definition) is 4. The molecule has 7 heteroatoms. The Morgan fingerprint density at radius 1 is 1.20 bits per heavy atom. The van der Waals surface area contributed by atoms with Crippen molar-refractivity contribution in [2.45, 2.75) is 58.2 Å². The fourth-order valence-corrected chi connectivity index (χ4v) is 4.20. The zero-order valence-corrected chi connectivity index (χ0v) is 17.3. The van der Waals surface area contributed by atoms with Gasteiger partial charge in [-0.2, -0.15) is 0 Å². The third-order valence-corrected chi connectivity index (χ3v) is 5.72. The lowest BCUT2D eigenvalue weighted by Gasteiger charge is -2.30. The second kappa shape index (κ2) is 9.15. The highest BCUT2D eigenvalue weighted by Crippen LogP contribution is 2.27. The first-order valence-corrected chi connectivity index (χ1v) is 10.6. The van der Waals surface area contributed by atoms with Gasteiger partial charge in [0.25, 0.3) is 0 Å². The van der Waals surface area contributed by atoms with Crippen molar-refractivity contribution in [3.63, 3.8) is 0 Å². The first-order chi connectivity index (χ1) is 14.6. The number of nitrogens with zero attached hydrogens (tertiary/aromatic N) is 2. The molecule has 2 aromatic rings. The van der Waals surface area contributed by atoms with Crippen LogP contribution in [0.3, 0.4) is 0 Å². The van der Waals surface area contributed by atoms with E-state index in [2.05, 4.69) is 15.6 Å². The van der Waals surface area contributed by atoms with Gasteiger partial charge in [0.05, 0.1) is 0 Å². The lowest BCUT2D eigenvalue weighted by molar-refractivity contribution is -0.114. The van der Waals surface area contributed by atoms with Gasteiger partial charge in [-0.25, -0.2) is 9.78 Å². The number of anilines is 1. The van der Waals surface area contributed by atoms with Gasteiger partial charge in [-0.05, 0) is 55.4 Å². The Bertz CT molecular complexity index is 924. The summed E-state index contributed by atoms with van der Waals surface area (Å²) in [6.07, 6.45) is 7.19. The summed E-state index contributed by atoms with van der Waals surface area (Å²) in [5.41, 5.74) is 3.90. The molecule has 1 aromatic heterocycles. The average Bonchev–Trinajstić information content (AvgIpc) is 3.25. The third kappa shape index (κ3) is 4.72. The topological polar surface area (TPSA) is 83.6 Å². The van der Waals surface area contributed by atoms with Gasteiger partial charge in [-0.1, -0.05) is 18.2 Å². The molecule has 2 N–H and O–H groups in total.